The highest BCUT2D eigenvalue weighted by atomic mass is 32.1. The van der Waals surface area contributed by atoms with Gasteiger partial charge < -0.3 is 9.32 Å². The van der Waals surface area contributed by atoms with E-state index in [-0.39, 0.29) is 5.56 Å². The molecule has 4 rings (SSSR count). The van der Waals surface area contributed by atoms with Gasteiger partial charge in [0.15, 0.2) is 16.4 Å². The van der Waals surface area contributed by atoms with E-state index in [2.05, 4.69) is 15.0 Å². The molecule has 1 aliphatic rings. The minimum absolute atomic E-state index is 0.112. The minimum Gasteiger partial charge on any atom is -0.463 e. The third-order valence-corrected chi connectivity index (χ3v) is 5.18. The Bertz CT molecular complexity index is 876. The van der Waals surface area contributed by atoms with Gasteiger partial charge in [0, 0.05) is 19.6 Å². The summed E-state index contributed by atoms with van der Waals surface area (Å²) in [5.41, 5.74) is 1.10. The van der Waals surface area contributed by atoms with Gasteiger partial charge in [0.25, 0.3) is 5.56 Å². The molecule has 0 atom stereocenters. The van der Waals surface area contributed by atoms with Crippen molar-refractivity contribution in [3.8, 4) is 11.5 Å². The molecule has 23 heavy (non-hydrogen) atoms. The van der Waals surface area contributed by atoms with Crippen molar-refractivity contribution >= 4 is 26.7 Å². The van der Waals surface area contributed by atoms with Crippen molar-refractivity contribution in [2.45, 2.75) is 32.7 Å². The van der Waals surface area contributed by atoms with E-state index in [1.54, 1.807) is 6.26 Å². The fraction of sp³-hybridized carbons (Fsp3) is 0.438. The average Bonchev–Trinajstić information content (AvgIpc) is 3.31. The Hall–Kier alpha value is -2.15. The molecular formula is C16H18N4O2S. The largest absolute Gasteiger partial charge is 0.463 e. The molecular weight excluding hydrogens is 312 g/mol. The highest BCUT2D eigenvalue weighted by molar-refractivity contribution is 7.22. The van der Waals surface area contributed by atoms with Crippen LogP contribution in [-0.4, -0.2) is 27.9 Å². The lowest BCUT2D eigenvalue weighted by molar-refractivity contribution is 0.554. The van der Waals surface area contributed by atoms with Gasteiger partial charge in [0.1, 0.15) is 5.69 Å². The van der Waals surface area contributed by atoms with Gasteiger partial charge in [-0.15, -0.1) is 0 Å². The maximum Gasteiger partial charge on any atom is 0.294 e. The number of anilines is 1. The van der Waals surface area contributed by atoms with Gasteiger partial charge in [-0.25, -0.2) is 9.67 Å². The molecule has 0 N–H and O–H groups in total. The number of aromatic nitrogens is 3. The number of furan rings is 1. The molecule has 6 nitrogen and oxygen atoms in total. The maximum atomic E-state index is 12.7. The van der Waals surface area contributed by atoms with Crippen molar-refractivity contribution in [2.75, 3.05) is 18.0 Å². The van der Waals surface area contributed by atoms with E-state index in [1.165, 1.54) is 28.9 Å². The third kappa shape index (κ3) is 2.45. The molecule has 0 bridgehead atoms. The Morgan fingerprint density at radius 1 is 1.35 bits per heavy atom. The van der Waals surface area contributed by atoms with Crippen molar-refractivity contribution in [3.63, 3.8) is 0 Å². The number of aryl methyl sites for hydroxylation is 1. The Labute approximate surface area is 137 Å². The molecule has 3 aromatic heterocycles. The number of thiazole rings is 1. The second-order valence-electron chi connectivity index (χ2n) is 5.72. The Kier molecular flexibility index (Phi) is 3.65. The van der Waals surface area contributed by atoms with Crippen molar-refractivity contribution < 1.29 is 4.42 Å². The molecule has 0 aliphatic carbocycles. The van der Waals surface area contributed by atoms with Crippen LogP contribution in [-0.2, 0) is 6.54 Å². The summed E-state index contributed by atoms with van der Waals surface area (Å²) in [6.07, 6.45) is 4.83. The van der Waals surface area contributed by atoms with Crippen LogP contribution < -0.4 is 10.5 Å². The molecule has 0 spiro atoms. The van der Waals surface area contributed by atoms with Crippen LogP contribution in [0, 0.1) is 0 Å². The van der Waals surface area contributed by atoms with Crippen LogP contribution >= 0.6 is 11.3 Å². The second-order valence-corrected chi connectivity index (χ2v) is 6.70. The average molecular weight is 330 g/mol. The van der Waals surface area contributed by atoms with Crippen molar-refractivity contribution in [1.82, 2.24) is 14.8 Å². The first-order valence-electron chi connectivity index (χ1n) is 7.98. The predicted molar refractivity (Wildman–Crippen MR) is 91.1 cm³/mol. The third-order valence-electron chi connectivity index (χ3n) is 4.06. The zero-order chi connectivity index (χ0) is 15.8. The van der Waals surface area contributed by atoms with Crippen LogP contribution in [0.5, 0.6) is 0 Å². The summed E-state index contributed by atoms with van der Waals surface area (Å²) in [5.74, 6) is 0.677. The first-order valence-corrected chi connectivity index (χ1v) is 8.80. The lowest BCUT2D eigenvalue weighted by atomic mass is 10.3. The molecule has 4 heterocycles. The molecule has 1 fully saturated rings. The van der Waals surface area contributed by atoms with Gasteiger partial charge in [0.2, 0.25) is 0 Å². The number of rotatable bonds is 4. The van der Waals surface area contributed by atoms with Crippen LogP contribution in [0.25, 0.3) is 21.7 Å². The van der Waals surface area contributed by atoms with E-state index >= 15 is 0 Å². The highest BCUT2D eigenvalue weighted by Crippen LogP contribution is 2.34. The lowest BCUT2D eigenvalue weighted by Gasteiger charge is -2.11. The summed E-state index contributed by atoms with van der Waals surface area (Å²) >= 11 is 1.54. The molecule has 7 heteroatoms. The van der Waals surface area contributed by atoms with Crippen LogP contribution in [0.15, 0.2) is 27.6 Å². The van der Waals surface area contributed by atoms with Gasteiger partial charge >= 0.3 is 0 Å². The van der Waals surface area contributed by atoms with Crippen molar-refractivity contribution in [1.29, 1.82) is 0 Å². The minimum atomic E-state index is -0.112. The molecule has 0 unspecified atom stereocenters. The Balaban J connectivity index is 1.95. The number of hydrogen-bond donors (Lipinski definition) is 0. The summed E-state index contributed by atoms with van der Waals surface area (Å²) in [6, 6.07) is 3.71. The molecule has 120 valence electrons. The topological polar surface area (TPSA) is 64.2 Å². The van der Waals surface area contributed by atoms with E-state index in [9.17, 15) is 4.79 Å². The number of nitrogens with zero attached hydrogens (tertiary/aromatic N) is 4. The van der Waals surface area contributed by atoms with E-state index in [1.807, 2.05) is 19.1 Å². The summed E-state index contributed by atoms with van der Waals surface area (Å²) in [5, 5.41) is 5.45. The van der Waals surface area contributed by atoms with Crippen molar-refractivity contribution in [2.24, 2.45) is 0 Å². The van der Waals surface area contributed by atoms with Gasteiger partial charge in [-0.3, -0.25) is 4.79 Å². The zero-order valence-electron chi connectivity index (χ0n) is 13.0. The highest BCUT2D eigenvalue weighted by Gasteiger charge is 2.22. The summed E-state index contributed by atoms with van der Waals surface area (Å²) in [7, 11) is 0. The normalized spacial score (nSPS) is 14.9. The zero-order valence-corrected chi connectivity index (χ0v) is 13.8. The lowest BCUT2D eigenvalue weighted by Crippen LogP contribution is -2.24. The molecule has 1 saturated heterocycles. The van der Waals surface area contributed by atoms with Gasteiger partial charge in [-0.1, -0.05) is 18.3 Å². The summed E-state index contributed by atoms with van der Waals surface area (Å²) in [4.78, 5) is 19.6. The maximum absolute atomic E-state index is 12.7. The number of hydrogen-bond acceptors (Lipinski definition) is 6. The van der Waals surface area contributed by atoms with E-state index < -0.39 is 0 Å². The van der Waals surface area contributed by atoms with Gasteiger partial charge in [0.05, 0.1) is 11.0 Å². The van der Waals surface area contributed by atoms with E-state index in [0.717, 1.165) is 29.3 Å². The molecule has 3 aromatic rings. The first kappa shape index (κ1) is 14.4. The van der Waals surface area contributed by atoms with Gasteiger partial charge in [-0.2, -0.15) is 5.10 Å². The van der Waals surface area contributed by atoms with E-state index in [4.69, 9.17) is 4.42 Å². The molecule has 1 aliphatic heterocycles. The van der Waals surface area contributed by atoms with Crippen LogP contribution in [0.2, 0.25) is 0 Å². The molecule has 0 amide bonds. The fourth-order valence-electron chi connectivity index (χ4n) is 2.93. The fourth-order valence-corrected chi connectivity index (χ4v) is 4.03. The Morgan fingerprint density at radius 3 is 2.87 bits per heavy atom. The predicted octanol–water partition coefficient (Wildman–Crippen LogP) is 3.12. The molecule has 0 saturated carbocycles. The second kappa shape index (κ2) is 5.81. The van der Waals surface area contributed by atoms with Crippen molar-refractivity contribution in [3.05, 3.63) is 28.7 Å². The van der Waals surface area contributed by atoms with E-state index in [0.29, 0.717) is 23.5 Å². The monoisotopic (exact) mass is 330 g/mol. The molecule has 0 radical (unpaired) electrons. The first-order chi connectivity index (χ1) is 11.3. The SMILES string of the molecule is CCCn1nc(-c2ccco2)c2sc(N3CCCC3)nc2c1=O. The Morgan fingerprint density at radius 2 is 2.17 bits per heavy atom. The molecule has 0 aromatic carbocycles. The van der Waals surface area contributed by atoms with Crippen LogP contribution in [0.3, 0.4) is 0 Å². The van der Waals surface area contributed by atoms with Crippen LogP contribution in [0.1, 0.15) is 26.2 Å². The number of fused-ring (bicyclic) bond motifs is 1. The smallest absolute Gasteiger partial charge is 0.294 e. The standard InChI is InChI=1S/C16H18N4O2S/c1-2-7-20-15(21)13-14(12(18-20)11-6-5-10-22-11)23-16(17-13)19-8-3-4-9-19/h5-6,10H,2-4,7-9H2,1H3. The summed E-state index contributed by atoms with van der Waals surface area (Å²) in [6.45, 7) is 4.62. The quantitative estimate of drug-likeness (QED) is 0.735. The van der Waals surface area contributed by atoms with Crippen LogP contribution in [0.4, 0.5) is 5.13 Å². The summed E-state index contributed by atoms with van der Waals surface area (Å²) < 4.78 is 7.85. The van der Waals surface area contributed by atoms with Gasteiger partial charge in [-0.05, 0) is 31.4 Å².